The number of nitrogens with zero attached hydrogens (tertiary/aromatic N) is 1. The summed E-state index contributed by atoms with van der Waals surface area (Å²) in [4.78, 5) is 2.35. The van der Waals surface area contributed by atoms with Crippen LogP contribution in [0.2, 0.25) is 0 Å². The summed E-state index contributed by atoms with van der Waals surface area (Å²) in [6, 6.07) is 8.68. The van der Waals surface area contributed by atoms with Crippen molar-refractivity contribution in [3.8, 4) is 0 Å². The van der Waals surface area contributed by atoms with E-state index in [9.17, 15) is 0 Å². The highest BCUT2D eigenvalue weighted by Gasteiger charge is 2.11. The van der Waals surface area contributed by atoms with Crippen LogP contribution in [-0.4, -0.2) is 29.7 Å². The highest BCUT2D eigenvalue weighted by atomic mass is 16.3. The maximum Gasteiger partial charge on any atom is 0.0558 e. The van der Waals surface area contributed by atoms with Crippen LogP contribution < -0.4 is 0 Å². The first-order chi connectivity index (χ1) is 7.40. The van der Waals surface area contributed by atoms with Gasteiger partial charge in [0.2, 0.25) is 0 Å². The second-order valence-electron chi connectivity index (χ2n) is 4.23. The number of fused-ring (bicyclic) bond motifs is 1. The normalized spacial score (nSPS) is 17.9. The Bertz CT molecular complexity index is 311. The average molecular weight is 205 g/mol. The third kappa shape index (κ3) is 2.80. The van der Waals surface area contributed by atoms with E-state index < -0.39 is 0 Å². The Balaban J connectivity index is 2.14. The molecule has 0 spiro atoms. The topological polar surface area (TPSA) is 23.5 Å². The number of benzene rings is 1. The molecule has 0 atom stereocenters. The van der Waals surface area contributed by atoms with Gasteiger partial charge in [0.1, 0.15) is 0 Å². The summed E-state index contributed by atoms with van der Waals surface area (Å²) >= 11 is 0. The summed E-state index contributed by atoms with van der Waals surface area (Å²) < 4.78 is 0. The predicted octanol–water partition coefficient (Wildman–Crippen LogP) is 1.82. The van der Waals surface area contributed by atoms with Crippen LogP contribution in [0.25, 0.3) is 0 Å². The van der Waals surface area contributed by atoms with Crippen molar-refractivity contribution >= 4 is 0 Å². The Morgan fingerprint density at radius 2 is 1.93 bits per heavy atom. The zero-order valence-electron chi connectivity index (χ0n) is 9.15. The molecule has 0 saturated carbocycles. The van der Waals surface area contributed by atoms with Crippen LogP contribution >= 0.6 is 0 Å². The lowest BCUT2D eigenvalue weighted by Crippen LogP contribution is -2.29. The summed E-state index contributed by atoms with van der Waals surface area (Å²) in [7, 11) is 0. The Morgan fingerprint density at radius 3 is 2.73 bits per heavy atom. The lowest BCUT2D eigenvalue weighted by atomic mass is 9.99. The molecule has 0 bridgehead atoms. The molecule has 15 heavy (non-hydrogen) atoms. The van der Waals surface area contributed by atoms with Gasteiger partial charge < -0.3 is 5.11 Å². The molecule has 82 valence electrons. The van der Waals surface area contributed by atoms with Crippen molar-refractivity contribution in [2.75, 3.05) is 19.7 Å². The van der Waals surface area contributed by atoms with Crippen LogP contribution in [0.15, 0.2) is 24.3 Å². The summed E-state index contributed by atoms with van der Waals surface area (Å²) in [5.74, 6) is 0. The predicted molar refractivity (Wildman–Crippen MR) is 61.7 cm³/mol. The van der Waals surface area contributed by atoms with Crippen molar-refractivity contribution in [2.45, 2.75) is 25.8 Å². The van der Waals surface area contributed by atoms with E-state index in [1.165, 1.54) is 30.4 Å². The van der Waals surface area contributed by atoms with Gasteiger partial charge in [0, 0.05) is 13.1 Å². The molecule has 2 nitrogen and oxygen atoms in total. The molecular weight excluding hydrogens is 186 g/mol. The molecule has 0 amide bonds. The lowest BCUT2D eigenvalue weighted by molar-refractivity contribution is 0.185. The molecule has 0 radical (unpaired) electrons. The zero-order valence-corrected chi connectivity index (χ0v) is 9.15. The first kappa shape index (κ1) is 10.7. The van der Waals surface area contributed by atoms with E-state index in [0.29, 0.717) is 0 Å². The van der Waals surface area contributed by atoms with Gasteiger partial charge in [-0.1, -0.05) is 24.3 Å². The minimum absolute atomic E-state index is 0.266. The fourth-order valence-corrected chi connectivity index (χ4v) is 2.26. The summed E-state index contributed by atoms with van der Waals surface area (Å²) in [5.41, 5.74) is 2.92. The van der Waals surface area contributed by atoms with Crippen molar-refractivity contribution in [3.63, 3.8) is 0 Å². The van der Waals surface area contributed by atoms with Crippen molar-refractivity contribution in [1.29, 1.82) is 0 Å². The van der Waals surface area contributed by atoms with Crippen LogP contribution in [0, 0.1) is 0 Å². The molecule has 1 N–H and O–H groups in total. The monoisotopic (exact) mass is 205 g/mol. The Morgan fingerprint density at radius 1 is 1.13 bits per heavy atom. The van der Waals surface area contributed by atoms with E-state index in [4.69, 9.17) is 5.11 Å². The highest BCUT2D eigenvalue weighted by Crippen LogP contribution is 2.17. The number of aliphatic hydroxyl groups excluding tert-OH is 1. The molecule has 2 heteroatoms. The smallest absolute Gasteiger partial charge is 0.0558 e. The summed E-state index contributed by atoms with van der Waals surface area (Å²) in [6.45, 7) is 3.18. The first-order valence-electron chi connectivity index (χ1n) is 5.80. The van der Waals surface area contributed by atoms with Crippen molar-refractivity contribution in [2.24, 2.45) is 0 Å². The van der Waals surface area contributed by atoms with E-state index in [-0.39, 0.29) is 6.61 Å². The third-order valence-corrected chi connectivity index (χ3v) is 3.10. The number of aliphatic hydroxyl groups is 1. The number of β-amino-alcohol motifs (C(OH)–C–C–N with tert-alkyl or cyclic N) is 1. The second-order valence-corrected chi connectivity index (χ2v) is 4.23. The van der Waals surface area contributed by atoms with Crippen molar-refractivity contribution in [3.05, 3.63) is 35.4 Å². The number of hydrogen-bond donors (Lipinski definition) is 1. The van der Waals surface area contributed by atoms with E-state index >= 15 is 0 Å². The minimum atomic E-state index is 0.266. The zero-order chi connectivity index (χ0) is 10.5. The van der Waals surface area contributed by atoms with Crippen LogP contribution in [-0.2, 0) is 13.0 Å². The molecule has 1 aromatic rings. The molecule has 1 aliphatic rings. The maximum atomic E-state index is 8.99. The second kappa shape index (κ2) is 5.29. The third-order valence-electron chi connectivity index (χ3n) is 3.10. The maximum absolute atomic E-state index is 8.99. The molecule has 1 heterocycles. The van der Waals surface area contributed by atoms with E-state index in [0.717, 1.165) is 19.6 Å². The van der Waals surface area contributed by atoms with Gasteiger partial charge in [0.05, 0.1) is 6.61 Å². The van der Waals surface area contributed by atoms with Gasteiger partial charge in [-0.25, -0.2) is 0 Å². The van der Waals surface area contributed by atoms with E-state index in [1.54, 1.807) is 0 Å². The summed E-state index contributed by atoms with van der Waals surface area (Å²) in [6.07, 6.45) is 3.72. The van der Waals surface area contributed by atoms with Gasteiger partial charge in [0.15, 0.2) is 0 Å². The van der Waals surface area contributed by atoms with Crippen LogP contribution in [0.4, 0.5) is 0 Å². The SMILES string of the molecule is OCCN1CCCCc2ccccc2C1. The van der Waals surface area contributed by atoms with Gasteiger partial charge in [-0.2, -0.15) is 0 Å². The molecule has 0 aromatic heterocycles. The first-order valence-corrected chi connectivity index (χ1v) is 5.80. The summed E-state index contributed by atoms with van der Waals surface area (Å²) in [5, 5.41) is 8.99. The van der Waals surface area contributed by atoms with Gasteiger partial charge in [-0.15, -0.1) is 0 Å². The Kier molecular flexibility index (Phi) is 3.75. The van der Waals surface area contributed by atoms with Gasteiger partial charge in [0.25, 0.3) is 0 Å². The van der Waals surface area contributed by atoms with Crippen LogP contribution in [0.5, 0.6) is 0 Å². The van der Waals surface area contributed by atoms with Crippen LogP contribution in [0.1, 0.15) is 24.0 Å². The number of hydrogen-bond acceptors (Lipinski definition) is 2. The van der Waals surface area contributed by atoms with Gasteiger partial charge >= 0.3 is 0 Å². The number of rotatable bonds is 2. The van der Waals surface area contributed by atoms with Crippen molar-refractivity contribution < 1.29 is 5.11 Å². The Labute approximate surface area is 91.5 Å². The van der Waals surface area contributed by atoms with Crippen LogP contribution in [0.3, 0.4) is 0 Å². The average Bonchev–Trinajstić information content (AvgIpc) is 2.22. The number of aryl methyl sites for hydroxylation is 1. The van der Waals surface area contributed by atoms with Gasteiger partial charge in [-0.3, -0.25) is 4.90 Å². The molecule has 0 unspecified atom stereocenters. The molecular formula is C13H19NO. The quantitative estimate of drug-likeness (QED) is 0.796. The molecule has 2 rings (SSSR count). The van der Waals surface area contributed by atoms with Gasteiger partial charge in [-0.05, 0) is 36.9 Å². The lowest BCUT2D eigenvalue weighted by Gasteiger charge is -2.25. The van der Waals surface area contributed by atoms with Crippen molar-refractivity contribution in [1.82, 2.24) is 4.90 Å². The minimum Gasteiger partial charge on any atom is -0.395 e. The molecule has 0 saturated heterocycles. The molecule has 1 aromatic carbocycles. The van der Waals surface area contributed by atoms with E-state index in [1.807, 2.05) is 0 Å². The molecule has 1 aliphatic heterocycles. The molecule has 0 fully saturated rings. The fourth-order valence-electron chi connectivity index (χ4n) is 2.26. The Hall–Kier alpha value is -0.860. The highest BCUT2D eigenvalue weighted by molar-refractivity contribution is 5.27. The fraction of sp³-hybridized carbons (Fsp3) is 0.538. The van der Waals surface area contributed by atoms with E-state index in [2.05, 4.69) is 29.2 Å². The standard InChI is InChI=1S/C13H19NO/c15-10-9-14-8-4-3-6-12-5-1-2-7-13(12)11-14/h1-2,5,7,15H,3-4,6,8-11H2. The largest absolute Gasteiger partial charge is 0.395 e. The molecule has 0 aliphatic carbocycles.